The molecule has 2 heterocycles. The molecule has 3 aromatic carbocycles. The molecule has 0 atom stereocenters. The van der Waals surface area contributed by atoms with E-state index in [0.29, 0.717) is 13.2 Å². The van der Waals surface area contributed by atoms with E-state index in [9.17, 15) is 0 Å². The molecular formula is C31H36N2O3. The summed E-state index contributed by atoms with van der Waals surface area (Å²) in [5.41, 5.74) is 5.10. The fraction of sp³-hybridized carbons (Fsp3) is 0.355. The SMILES string of the molecule is COc1cc(COCC2(c3ccccc3)CCN(CCc3c[nH]c4ccccc34)CC2)cc(OC)c1. The Bertz CT molecular complexity index is 1240. The van der Waals surface area contributed by atoms with Gasteiger partial charge in [0.15, 0.2) is 0 Å². The minimum atomic E-state index is 0.0293. The lowest BCUT2D eigenvalue weighted by molar-refractivity contribution is 0.0363. The third-order valence-corrected chi connectivity index (χ3v) is 7.63. The lowest BCUT2D eigenvalue weighted by atomic mass is 9.73. The molecule has 188 valence electrons. The number of benzene rings is 3. The van der Waals surface area contributed by atoms with Crippen molar-refractivity contribution < 1.29 is 14.2 Å². The molecule has 1 fully saturated rings. The van der Waals surface area contributed by atoms with Gasteiger partial charge in [-0.25, -0.2) is 0 Å². The smallest absolute Gasteiger partial charge is 0.122 e. The maximum atomic E-state index is 6.38. The summed E-state index contributed by atoms with van der Waals surface area (Å²) >= 11 is 0. The molecule has 5 rings (SSSR count). The van der Waals surface area contributed by atoms with Gasteiger partial charge >= 0.3 is 0 Å². The third-order valence-electron chi connectivity index (χ3n) is 7.63. The summed E-state index contributed by atoms with van der Waals surface area (Å²) in [6.45, 7) is 4.47. The number of nitrogens with one attached hydrogen (secondary N) is 1. The van der Waals surface area contributed by atoms with E-state index in [2.05, 4.69) is 70.7 Å². The fourth-order valence-corrected chi connectivity index (χ4v) is 5.44. The van der Waals surface area contributed by atoms with Gasteiger partial charge in [0.05, 0.1) is 27.4 Å². The van der Waals surface area contributed by atoms with Crippen molar-refractivity contribution in [3.05, 3.63) is 95.7 Å². The van der Waals surface area contributed by atoms with Crippen molar-refractivity contribution in [3.8, 4) is 11.5 Å². The van der Waals surface area contributed by atoms with Crippen LogP contribution in [0.5, 0.6) is 11.5 Å². The molecule has 1 saturated heterocycles. The first kappa shape index (κ1) is 24.4. The quantitative estimate of drug-likeness (QED) is 0.301. The first-order chi connectivity index (χ1) is 17.7. The number of fused-ring (bicyclic) bond motifs is 1. The van der Waals surface area contributed by atoms with E-state index in [1.807, 2.05) is 18.2 Å². The van der Waals surface area contributed by atoms with Gasteiger partial charge in [-0.05, 0) is 67.2 Å². The van der Waals surface area contributed by atoms with Crippen LogP contribution in [0, 0.1) is 0 Å². The molecule has 0 amide bonds. The number of hydrogen-bond donors (Lipinski definition) is 1. The number of piperidine rings is 1. The van der Waals surface area contributed by atoms with Gasteiger partial charge in [-0.1, -0.05) is 48.5 Å². The Hall–Kier alpha value is -3.28. The standard InChI is InChI=1S/C31H36N2O3/c1-34-27-18-24(19-28(20-27)35-2)22-36-23-31(26-8-4-3-5-9-26)13-16-33(17-14-31)15-12-25-21-32-30-11-7-6-10-29(25)30/h3-11,18-21,32H,12-17,22-23H2,1-2H3. The van der Waals surface area contributed by atoms with Gasteiger partial charge in [0.2, 0.25) is 0 Å². The topological polar surface area (TPSA) is 46.7 Å². The third kappa shape index (κ3) is 5.43. The number of aromatic amines is 1. The van der Waals surface area contributed by atoms with E-state index in [1.165, 1.54) is 22.0 Å². The van der Waals surface area contributed by atoms with Crippen LogP contribution in [-0.4, -0.2) is 50.3 Å². The van der Waals surface area contributed by atoms with Crippen molar-refractivity contribution >= 4 is 10.9 Å². The zero-order valence-electron chi connectivity index (χ0n) is 21.3. The summed E-state index contributed by atoms with van der Waals surface area (Å²) in [4.78, 5) is 6.02. The first-order valence-electron chi connectivity index (χ1n) is 12.8. The maximum Gasteiger partial charge on any atom is 0.122 e. The second-order valence-corrected chi connectivity index (χ2v) is 9.81. The van der Waals surface area contributed by atoms with E-state index < -0.39 is 0 Å². The molecule has 1 aliphatic heterocycles. The Morgan fingerprint density at radius 3 is 2.28 bits per heavy atom. The van der Waals surface area contributed by atoms with Gasteiger partial charge in [-0.2, -0.15) is 0 Å². The van der Waals surface area contributed by atoms with Crippen LogP contribution >= 0.6 is 0 Å². The van der Waals surface area contributed by atoms with Crippen molar-refractivity contribution in [3.63, 3.8) is 0 Å². The molecule has 5 nitrogen and oxygen atoms in total. The van der Waals surface area contributed by atoms with Crippen LogP contribution in [0.3, 0.4) is 0 Å². The summed E-state index contributed by atoms with van der Waals surface area (Å²) < 4.78 is 17.2. The first-order valence-corrected chi connectivity index (χ1v) is 12.8. The highest BCUT2D eigenvalue weighted by Crippen LogP contribution is 2.36. The second-order valence-electron chi connectivity index (χ2n) is 9.81. The average molecular weight is 485 g/mol. The van der Waals surface area contributed by atoms with Crippen LogP contribution in [-0.2, 0) is 23.2 Å². The minimum Gasteiger partial charge on any atom is -0.497 e. The molecule has 36 heavy (non-hydrogen) atoms. The monoisotopic (exact) mass is 484 g/mol. The normalized spacial score (nSPS) is 15.7. The highest BCUT2D eigenvalue weighted by molar-refractivity contribution is 5.83. The number of H-pyrrole nitrogens is 1. The van der Waals surface area contributed by atoms with Crippen LogP contribution < -0.4 is 9.47 Å². The van der Waals surface area contributed by atoms with Gasteiger partial charge in [0.25, 0.3) is 0 Å². The number of aromatic nitrogens is 1. The van der Waals surface area contributed by atoms with Gasteiger partial charge in [0.1, 0.15) is 11.5 Å². The number of methoxy groups -OCH3 is 2. The molecule has 0 aliphatic carbocycles. The molecule has 0 unspecified atom stereocenters. The largest absolute Gasteiger partial charge is 0.497 e. The fourth-order valence-electron chi connectivity index (χ4n) is 5.44. The molecule has 4 aromatic rings. The lowest BCUT2D eigenvalue weighted by Gasteiger charge is -2.42. The minimum absolute atomic E-state index is 0.0293. The second kappa shape index (κ2) is 11.2. The summed E-state index contributed by atoms with van der Waals surface area (Å²) in [6.07, 6.45) is 5.42. The van der Waals surface area contributed by atoms with Crippen LogP contribution in [0.15, 0.2) is 79.0 Å². The molecule has 0 bridgehead atoms. The van der Waals surface area contributed by atoms with E-state index >= 15 is 0 Å². The number of likely N-dealkylation sites (tertiary alicyclic amines) is 1. The number of hydrogen-bond acceptors (Lipinski definition) is 4. The predicted molar refractivity (Wildman–Crippen MR) is 145 cm³/mol. The lowest BCUT2D eigenvalue weighted by Crippen LogP contribution is -2.45. The number of para-hydroxylation sites is 1. The van der Waals surface area contributed by atoms with Crippen LogP contribution in [0.25, 0.3) is 10.9 Å². The molecule has 0 radical (unpaired) electrons. The number of ether oxygens (including phenoxy) is 3. The molecule has 0 spiro atoms. The van der Waals surface area contributed by atoms with Crippen molar-refractivity contribution in [2.75, 3.05) is 40.5 Å². The van der Waals surface area contributed by atoms with E-state index in [1.54, 1.807) is 14.2 Å². The zero-order valence-corrected chi connectivity index (χ0v) is 21.3. The van der Waals surface area contributed by atoms with Crippen LogP contribution in [0.4, 0.5) is 0 Å². The summed E-state index contributed by atoms with van der Waals surface area (Å²) in [5.74, 6) is 1.57. The van der Waals surface area contributed by atoms with Gasteiger partial charge in [0, 0.05) is 35.1 Å². The molecule has 5 heteroatoms. The van der Waals surface area contributed by atoms with Crippen molar-refractivity contribution in [2.45, 2.75) is 31.3 Å². The molecule has 1 aliphatic rings. The van der Waals surface area contributed by atoms with Gasteiger partial charge < -0.3 is 24.1 Å². The molecule has 0 saturated carbocycles. The summed E-state index contributed by atoms with van der Waals surface area (Å²) in [6, 6.07) is 25.4. The van der Waals surface area contributed by atoms with E-state index in [4.69, 9.17) is 14.2 Å². The summed E-state index contributed by atoms with van der Waals surface area (Å²) in [7, 11) is 3.35. The van der Waals surface area contributed by atoms with Gasteiger partial charge in [-0.15, -0.1) is 0 Å². The van der Waals surface area contributed by atoms with Crippen LogP contribution in [0.1, 0.15) is 29.5 Å². The molecule has 1 aromatic heterocycles. The number of rotatable bonds is 10. The van der Waals surface area contributed by atoms with Crippen molar-refractivity contribution in [2.24, 2.45) is 0 Å². The van der Waals surface area contributed by atoms with Crippen LogP contribution in [0.2, 0.25) is 0 Å². The zero-order chi connectivity index (χ0) is 24.8. The maximum absolute atomic E-state index is 6.38. The highest BCUT2D eigenvalue weighted by Gasteiger charge is 2.36. The molecule has 1 N–H and O–H groups in total. The Balaban J connectivity index is 1.23. The Kier molecular flexibility index (Phi) is 7.59. The predicted octanol–water partition coefficient (Wildman–Crippen LogP) is 5.98. The van der Waals surface area contributed by atoms with E-state index in [0.717, 1.165) is 56.0 Å². The van der Waals surface area contributed by atoms with Crippen molar-refractivity contribution in [1.82, 2.24) is 9.88 Å². The van der Waals surface area contributed by atoms with Gasteiger partial charge in [-0.3, -0.25) is 0 Å². The Labute approximate surface area is 214 Å². The Morgan fingerprint density at radius 1 is 0.861 bits per heavy atom. The van der Waals surface area contributed by atoms with Crippen molar-refractivity contribution in [1.29, 1.82) is 0 Å². The number of nitrogens with zero attached hydrogens (tertiary/aromatic N) is 1. The molecular weight excluding hydrogens is 448 g/mol. The van der Waals surface area contributed by atoms with E-state index in [-0.39, 0.29) is 5.41 Å². The average Bonchev–Trinajstić information content (AvgIpc) is 3.36. The highest BCUT2D eigenvalue weighted by atomic mass is 16.5. The summed E-state index contributed by atoms with van der Waals surface area (Å²) in [5, 5.41) is 1.34. The Morgan fingerprint density at radius 2 is 1.56 bits per heavy atom.